The van der Waals surface area contributed by atoms with Gasteiger partial charge in [-0.25, -0.2) is 0 Å². The molecule has 1 amide bonds. The summed E-state index contributed by atoms with van der Waals surface area (Å²) in [5.74, 6) is 1.38. The van der Waals surface area contributed by atoms with Crippen molar-refractivity contribution in [2.24, 2.45) is 0 Å². The number of aromatic nitrogens is 2. The molecule has 0 atom stereocenters. The molecule has 4 rings (SSSR count). The van der Waals surface area contributed by atoms with Crippen LogP contribution < -0.4 is 14.8 Å². The fourth-order valence-corrected chi connectivity index (χ4v) is 3.76. The largest absolute Gasteiger partial charge is 0.497 e. The number of hydrogen-bond donors (Lipinski definition) is 1. The molecule has 1 N–H and O–H groups in total. The third-order valence-electron chi connectivity index (χ3n) is 5.88. The number of aryl methyl sites for hydroxylation is 2. The molecule has 1 heterocycles. The number of ether oxygens (including phenoxy) is 2. The highest BCUT2D eigenvalue weighted by Crippen LogP contribution is 2.23. The van der Waals surface area contributed by atoms with E-state index in [9.17, 15) is 4.79 Å². The Hall–Kier alpha value is -4.06. The van der Waals surface area contributed by atoms with Gasteiger partial charge in [0.2, 0.25) is 0 Å². The second-order valence-corrected chi connectivity index (χ2v) is 8.25. The van der Waals surface area contributed by atoms with Gasteiger partial charge in [0.1, 0.15) is 18.1 Å². The highest BCUT2D eigenvalue weighted by Gasteiger charge is 2.16. The van der Waals surface area contributed by atoms with Gasteiger partial charge in [0.15, 0.2) is 0 Å². The smallest absolute Gasteiger partial charge is 0.255 e. The van der Waals surface area contributed by atoms with Crippen LogP contribution in [0.3, 0.4) is 0 Å². The number of nitrogens with zero attached hydrogens (tertiary/aromatic N) is 2. The van der Waals surface area contributed by atoms with Gasteiger partial charge in [-0.2, -0.15) is 5.10 Å². The summed E-state index contributed by atoms with van der Waals surface area (Å²) in [4.78, 5) is 12.9. The van der Waals surface area contributed by atoms with Crippen LogP contribution in [-0.2, 0) is 13.2 Å². The summed E-state index contributed by atoms with van der Waals surface area (Å²) in [7, 11) is 1.63. The summed E-state index contributed by atoms with van der Waals surface area (Å²) in [6, 6.07) is 23.1. The van der Waals surface area contributed by atoms with Gasteiger partial charge in [-0.05, 0) is 73.9 Å². The van der Waals surface area contributed by atoms with Crippen LogP contribution in [0.15, 0.2) is 72.8 Å². The zero-order chi connectivity index (χ0) is 24.1. The summed E-state index contributed by atoms with van der Waals surface area (Å²) >= 11 is 0. The zero-order valence-corrected chi connectivity index (χ0v) is 20.0. The van der Waals surface area contributed by atoms with Crippen molar-refractivity contribution in [3.8, 4) is 11.5 Å². The average Bonchev–Trinajstić information content (AvgIpc) is 3.12. The van der Waals surface area contributed by atoms with Crippen LogP contribution in [0.4, 0.5) is 5.69 Å². The zero-order valence-electron chi connectivity index (χ0n) is 20.0. The lowest BCUT2D eigenvalue weighted by Crippen LogP contribution is -2.13. The van der Waals surface area contributed by atoms with Crippen molar-refractivity contribution in [3.05, 3.63) is 106 Å². The van der Waals surface area contributed by atoms with Gasteiger partial charge in [0.05, 0.1) is 30.7 Å². The number of anilines is 1. The summed E-state index contributed by atoms with van der Waals surface area (Å²) in [6.07, 6.45) is 0. The van der Waals surface area contributed by atoms with Gasteiger partial charge in [0, 0.05) is 5.56 Å². The van der Waals surface area contributed by atoms with Gasteiger partial charge in [-0.15, -0.1) is 0 Å². The van der Waals surface area contributed by atoms with E-state index in [1.807, 2.05) is 79.2 Å². The van der Waals surface area contributed by atoms with E-state index in [4.69, 9.17) is 9.47 Å². The van der Waals surface area contributed by atoms with E-state index >= 15 is 0 Å². The first-order valence-electron chi connectivity index (χ1n) is 11.2. The highest BCUT2D eigenvalue weighted by molar-refractivity contribution is 6.04. The summed E-state index contributed by atoms with van der Waals surface area (Å²) in [5, 5.41) is 7.69. The Morgan fingerprint density at radius 1 is 0.912 bits per heavy atom. The number of nitrogens with one attached hydrogen (secondary N) is 1. The fourth-order valence-electron chi connectivity index (χ4n) is 3.76. The first kappa shape index (κ1) is 23.1. The van der Waals surface area contributed by atoms with Crippen LogP contribution in [0.2, 0.25) is 0 Å². The lowest BCUT2D eigenvalue weighted by atomic mass is 10.1. The van der Waals surface area contributed by atoms with E-state index in [1.54, 1.807) is 7.11 Å². The molecule has 174 valence electrons. The second kappa shape index (κ2) is 10.3. The van der Waals surface area contributed by atoms with E-state index < -0.39 is 0 Å². The standard InChI is InChI=1S/C28H29N3O3/c1-19-7-5-6-8-24(19)17-31-21(3)27(20(2)30-31)29-28(32)23-11-9-22(10-12-23)18-34-26-15-13-25(33-4)14-16-26/h5-16H,17-18H2,1-4H3,(H,29,32). The first-order valence-corrected chi connectivity index (χ1v) is 11.2. The van der Waals surface area contributed by atoms with Crippen molar-refractivity contribution in [2.75, 3.05) is 12.4 Å². The first-order chi connectivity index (χ1) is 16.4. The van der Waals surface area contributed by atoms with Crippen molar-refractivity contribution >= 4 is 11.6 Å². The number of carbonyl (C=O) groups excluding carboxylic acids is 1. The molecule has 0 radical (unpaired) electrons. The van der Waals surface area contributed by atoms with Gasteiger partial charge < -0.3 is 14.8 Å². The van der Waals surface area contributed by atoms with Crippen LogP contribution in [0, 0.1) is 20.8 Å². The van der Waals surface area contributed by atoms with Crippen molar-refractivity contribution in [1.29, 1.82) is 0 Å². The van der Waals surface area contributed by atoms with Gasteiger partial charge in [0.25, 0.3) is 5.91 Å². The van der Waals surface area contributed by atoms with E-state index in [2.05, 4.69) is 29.5 Å². The summed E-state index contributed by atoms with van der Waals surface area (Å²) < 4.78 is 12.9. The molecule has 6 nitrogen and oxygen atoms in total. The van der Waals surface area contributed by atoms with E-state index in [-0.39, 0.29) is 5.91 Å². The number of rotatable bonds is 8. The van der Waals surface area contributed by atoms with Crippen LogP contribution in [0.1, 0.15) is 38.4 Å². The highest BCUT2D eigenvalue weighted by atomic mass is 16.5. The molecule has 6 heteroatoms. The maximum Gasteiger partial charge on any atom is 0.255 e. The van der Waals surface area contributed by atoms with Crippen molar-refractivity contribution in [3.63, 3.8) is 0 Å². The van der Waals surface area contributed by atoms with Crippen LogP contribution in [0.5, 0.6) is 11.5 Å². The Balaban J connectivity index is 1.39. The van der Waals surface area contributed by atoms with Crippen LogP contribution in [0.25, 0.3) is 0 Å². The van der Waals surface area contributed by atoms with Crippen molar-refractivity contribution in [2.45, 2.75) is 33.9 Å². The Kier molecular flexibility index (Phi) is 6.97. The number of hydrogen-bond acceptors (Lipinski definition) is 4. The minimum atomic E-state index is -0.163. The summed E-state index contributed by atoms with van der Waals surface area (Å²) in [5.41, 5.74) is 6.47. The Morgan fingerprint density at radius 3 is 2.26 bits per heavy atom. The van der Waals surface area contributed by atoms with E-state index in [0.29, 0.717) is 18.7 Å². The Labute approximate surface area is 200 Å². The molecule has 0 saturated carbocycles. The summed E-state index contributed by atoms with van der Waals surface area (Å²) in [6.45, 7) is 7.07. The Morgan fingerprint density at radius 2 is 1.59 bits per heavy atom. The minimum absolute atomic E-state index is 0.163. The molecule has 4 aromatic rings. The van der Waals surface area contributed by atoms with Crippen LogP contribution in [-0.4, -0.2) is 22.8 Å². The average molecular weight is 456 g/mol. The lowest BCUT2D eigenvalue weighted by Gasteiger charge is -2.10. The van der Waals surface area contributed by atoms with E-state index in [0.717, 1.165) is 34.1 Å². The van der Waals surface area contributed by atoms with Crippen LogP contribution >= 0.6 is 0 Å². The fraction of sp³-hybridized carbons (Fsp3) is 0.214. The third kappa shape index (κ3) is 5.29. The molecule has 0 saturated heterocycles. The van der Waals surface area contributed by atoms with Gasteiger partial charge >= 0.3 is 0 Å². The SMILES string of the molecule is COc1ccc(OCc2ccc(C(=O)Nc3c(C)nn(Cc4ccccc4C)c3C)cc2)cc1. The monoisotopic (exact) mass is 455 g/mol. The van der Waals surface area contributed by atoms with Gasteiger partial charge in [-0.3, -0.25) is 9.48 Å². The minimum Gasteiger partial charge on any atom is -0.497 e. The number of methoxy groups -OCH3 is 1. The van der Waals surface area contributed by atoms with Gasteiger partial charge in [-0.1, -0.05) is 36.4 Å². The molecule has 0 unspecified atom stereocenters. The van der Waals surface area contributed by atoms with E-state index in [1.165, 1.54) is 11.1 Å². The lowest BCUT2D eigenvalue weighted by molar-refractivity contribution is 0.102. The van der Waals surface area contributed by atoms with Crippen molar-refractivity contribution < 1.29 is 14.3 Å². The van der Waals surface area contributed by atoms with Crippen molar-refractivity contribution in [1.82, 2.24) is 9.78 Å². The molecule has 0 aliphatic heterocycles. The molecule has 0 aliphatic rings. The second-order valence-electron chi connectivity index (χ2n) is 8.25. The molecular weight excluding hydrogens is 426 g/mol. The third-order valence-corrected chi connectivity index (χ3v) is 5.88. The molecule has 34 heavy (non-hydrogen) atoms. The number of carbonyl (C=O) groups is 1. The quantitative estimate of drug-likeness (QED) is 0.370. The molecule has 0 bridgehead atoms. The Bertz CT molecular complexity index is 1280. The topological polar surface area (TPSA) is 65.4 Å². The molecule has 0 fully saturated rings. The predicted octanol–water partition coefficient (Wildman–Crippen LogP) is 5.70. The molecular formula is C28H29N3O3. The molecule has 0 spiro atoms. The normalized spacial score (nSPS) is 10.7. The number of amides is 1. The maximum absolute atomic E-state index is 12.9. The number of benzene rings is 3. The maximum atomic E-state index is 12.9. The molecule has 3 aromatic carbocycles. The molecule has 1 aromatic heterocycles. The predicted molar refractivity (Wildman–Crippen MR) is 134 cm³/mol. The molecule has 0 aliphatic carbocycles.